The number of hydrogen-bond donors (Lipinski definition) is 1. The van der Waals surface area contributed by atoms with Crippen LogP contribution in [0.2, 0.25) is 5.02 Å². The SMILES string of the molecule is CNCc1ccc(-c2cc(OC)ccc2Cl)o1. The lowest BCUT2D eigenvalue weighted by Crippen LogP contribution is -2.03. The summed E-state index contributed by atoms with van der Waals surface area (Å²) in [7, 11) is 3.50. The van der Waals surface area contributed by atoms with Crippen LogP contribution in [0.3, 0.4) is 0 Å². The molecule has 0 atom stereocenters. The summed E-state index contributed by atoms with van der Waals surface area (Å²) in [5.74, 6) is 2.39. The highest BCUT2D eigenvalue weighted by molar-refractivity contribution is 6.33. The van der Waals surface area contributed by atoms with Gasteiger partial charge in [0.15, 0.2) is 0 Å². The highest BCUT2D eigenvalue weighted by atomic mass is 35.5. The lowest BCUT2D eigenvalue weighted by atomic mass is 10.1. The van der Waals surface area contributed by atoms with Crippen molar-refractivity contribution in [2.75, 3.05) is 14.2 Å². The summed E-state index contributed by atoms with van der Waals surface area (Å²) in [5, 5.41) is 3.68. The second-order valence-corrected chi connectivity index (χ2v) is 4.05. The van der Waals surface area contributed by atoms with Crippen molar-refractivity contribution in [1.82, 2.24) is 5.32 Å². The van der Waals surface area contributed by atoms with E-state index < -0.39 is 0 Å². The number of nitrogens with one attached hydrogen (secondary N) is 1. The Bertz CT molecular complexity index is 508. The summed E-state index contributed by atoms with van der Waals surface area (Å²) in [5.41, 5.74) is 0.841. The van der Waals surface area contributed by atoms with Gasteiger partial charge in [-0.25, -0.2) is 0 Å². The Morgan fingerprint density at radius 2 is 2.12 bits per heavy atom. The van der Waals surface area contributed by atoms with E-state index in [0.717, 1.165) is 22.8 Å². The van der Waals surface area contributed by atoms with E-state index in [9.17, 15) is 0 Å². The zero-order chi connectivity index (χ0) is 12.3. The highest BCUT2D eigenvalue weighted by Crippen LogP contribution is 2.32. The maximum Gasteiger partial charge on any atom is 0.135 e. The number of methoxy groups -OCH3 is 1. The summed E-state index contributed by atoms with van der Waals surface area (Å²) in [6.45, 7) is 0.696. The van der Waals surface area contributed by atoms with Gasteiger partial charge in [-0.15, -0.1) is 0 Å². The molecule has 0 bridgehead atoms. The van der Waals surface area contributed by atoms with Crippen LogP contribution in [0.5, 0.6) is 5.75 Å². The molecule has 2 rings (SSSR count). The van der Waals surface area contributed by atoms with Crippen molar-refractivity contribution in [3.8, 4) is 17.1 Å². The van der Waals surface area contributed by atoms with Crippen LogP contribution in [0, 0.1) is 0 Å². The molecule has 0 saturated carbocycles. The lowest BCUT2D eigenvalue weighted by Gasteiger charge is -2.04. The molecule has 0 fully saturated rings. The molecule has 17 heavy (non-hydrogen) atoms. The van der Waals surface area contributed by atoms with E-state index in [4.69, 9.17) is 20.8 Å². The molecule has 1 aromatic heterocycles. The van der Waals surface area contributed by atoms with Gasteiger partial charge in [-0.05, 0) is 37.4 Å². The van der Waals surface area contributed by atoms with Crippen LogP contribution in [0.25, 0.3) is 11.3 Å². The van der Waals surface area contributed by atoms with E-state index in [1.165, 1.54) is 0 Å². The Labute approximate surface area is 105 Å². The first-order valence-corrected chi connectivity index (χ1v) is 5.69. The van der Waals surface area contributed by atoms with Gasteiger partial charge in [0.1, 0.15) is 17.3 Å². The third-order valence-electron chi connectivity index (χ3n) is 2.45. The normalized spacial score (nSPS) is 10.5. The van der Waals surface area contributed by atoms with Crippen LogP contribution in [0.1, 0.15) is 5.76 Å². The standard InChI is InChI=1S/C13H14ClNO2/c1-15-8-10-4-6-13(17-10)11-7-9(16-2)3-5-12(11)14/h3-7,15H,8H2,1-2H3. The van der Waals surface area contributed by atoms with Gasteiger partial charge in [0.25, 0.3) is 0 Å². The van der Waals surface area contributed by atoms with E-state index in [1.807, 2.05) is 31.3 Å². The molecule has 0 aliphatic heterocycles. The van der Waals surface area contributed by atoms with Crippen LogP contribution in [-0.2, 0) is 6.54 Å². The van der Waals surface area contributed by atoms with Crippen molar-refractivity contribution in [3.63, 3.8) is 0 Å². The van der Waals surface area contributed by atoms with Crippen molar-refractivity contribution in [1.29, 1.82) is 0 Å². The molecule has 1 N–H and O–H groups in total. The predicted molar refractivity (Wildman–Crippen MR) is 68.5 cm³/mol. The van der Waals surface area contributed by atoms with Gasteiger partial charge < -0.3 is 14.5 Å². The largest absolute Gasteiger partial charge is 0.497 e. The fraction of sp³-hybridized carbons (Fsp3) is 0.231. The van der Waals surface area contributed by atoms with Gasteiger partial charge in [-0.2, -0.15) is 0 Å². The van der Waals surface area contributed by atoms with Crippen LogP contribution in [0.4, 0.5) is 0 Å². The van der Waals surface area contributed by atoms with Crippen molar-refractivity contribution in [2.24, 2.45) is 0 Å². The summed E-state index contributed by atoms with van der Waals surface area (Å²) in [4.78, 5) is 0. The van der Waals surface area contributed by atoms with Crippen LogP contribution >= 0.6 is 11.6 Å². The molecule has 4 heteroatoms. The number of furan rings is 1. The molecule has 2 aromatic rings. The van der Waals surface area contributed by atoms with Crippen LogP contribution in [-0.4, -0.2) is 14.2 Å². The fourth-order valence-corrected chi connectivity index (χ4v) is 1.82. The van der Waals surface area contributed by atoms with E-state index in [2.05, 4.69) is 5.32 Å². The molecule has 0 radical (unpaired) electrons. The zero-order valence-corrected chi connectivity index (χ0v) is 10.5. The quantitative estimate of drug-likeness (QED) is 0.905. The molecule has 0 amide bonds. The summed E-state index contributed by atoms with van der Waals surface area (Å²) in [6.07, 6.45) is 0. The molecule has 0 unspecified atom stereocenters. The molecule has 0 spiro atoms. The van der Waals surface area contributed by atoms with Crippen molar-refractivity contribution >= 4 is 11.6 Å². The first-order valence-electron chi connectivity index (χ1n) is 5.32. The first kappa shape index (κ1) is 12.0. The van der Waals surface area contributed by atoms with Gasteiger partial charge in [-0.3, -0.25) is 0 Å². The maximum atomic E-state index is 6.14. The molecule has 1 heterocycles. The molecule has 3 nitrogen and oxygen atoms in total. The van der Waals surface area contributed by atoms with E-state index >= 15 is 0 Å². The molecular weight excluding hydrogens is 238 g/mol. The van der Waals surface area contributed by atoms with Crippen LogP contribution < -0.4 is 10.1 Å². The van der Waals surface area contributed by atoms with E-state index in [0.29, 0.717) is 11.6 Å². The van der Waals surface area contributed by atoms with Gasteiger partial charge >= 0.3 is 0 Å². The number of rotatable bonds is 4. The third-order valence-corrected chi connectivity index (χ3v) is 2.78. The minimum Gasteiger partial charge on any atom is -0.497 e. The Kier molecular flexibility index (Phi) is 3.71. The molecular formula is C13H14ClNO2. The molecule has 1 aromatic carbocycles. The van der Waals surface area contributed by atoms with E-state index in [1.54, 1.807) is 13.2 Å². The minimum atomic E-state index is 0.649. The monoisotopic (exact) mass is 251 g/mol. The summed E-state index contributed by atoms with van der Waals surface area (Å²) < 4.78 is 10.9. The average molecular weight is 252 g/mol. The van der Waals surface area contributed by atoms with Crippen molar-refractivity contribution in [3.05, 3.63) is 41.1 Å². The zero-order valence-electron chi connectivity index (χ0n) is 9.79. The topological polar surface area (TPSA) is 34.4 Å². The fourth-order valence-electron chi connectivity index (χ4n) is 1.61. The Morgan fingerprint density at radius 1 is 1.29 bits per heavy atom. The van der Waals surface area contributed by atoms with Gasteiger partial charge in [0.05, 0.1) is 18.7 Å². The van der Waals surface area contributed by atoms with Gasteiger partial charge in [0.2, 0.25) is 0 Å². The first-order chi connectivity index (χ1) is 8.24. The predicted octanol–water partition coefficient (Wildman–Crippen LogP) is 3.33. The Balaban J connectivity index is 2.37. The highest BCUT2D eigenvalue weighted by Gasteiger charge is 2.09. The number of benzene rings is 1. The average Bonchev–Trinajstić information content (AvgIpc) is 2.79. The van der Waals surface area contributed by atoms with Gasteiger partial charge in [-0.1, -0.05) is 11.6 Å². The third kappa shape index (κ3) is 2.62. The second-order valence-electron chi connectivity index (χ2n) is 3.64. The Morgan fingerprint density at radius 3 is 2.82 bits per heavy atom. The second kappa shape index (κ2) is 5.25. The summed E-state index contributed by atoms with van der Waals surface area (Å²) in [6, 6.07) is 9.33. The van der Waals surface area contributed by atoms with E-state index in [-0.39, 0.29) is 0 Å². The van der Waals surface area contributed by atoms with Crippen LogP contribution in [0.15, 0.2) is 34.7 Å². The lowest BCUT2D eigenvalue weighted by molar-refractivity contribution is 0.414. The summed E-state index contributed by atoms with van der Waals surface area (Å²) >= 11 is 6.14. The molecule has 0 saturated heterocycles. The Hall–Kier alpha value is -1.45. The molecule has 0 aliphatic carbocycles. The van der Waals surface area contributed by atoms with Crippen molar-refractivity contribution < 1.29 is 9.15 Å². The smallest absolute Gasteiger partial charge is 0.135 e. The molecule has 0 aliphatic rings. The maximum absolute atomic E-state index is 6.14. The van der Waals surface area contributed by atoms with Crippen molar-refractivity contribution in [2.45, 2.75) is 6.54 Å². The number of halogens is 1. The minimum absolute atomic E-state index is 0.649. The van der Waals surface area contributed by atoms with Gasteiger partial charge in [0, 0.05) is 5.56 Å². The molecule has 90 valence electrons. The number of ether oxygens (including phenoxy) is 1. The number of hydrogen-bond acceptors (Lipinski definition) is 3.